The number of nitrogens with two attached hydrogens (primary N) is 1. The molecule has 0 bridgehead atoms. The van der Waals surface area contributed by atoms with E-state index < -0.39 is 0 Å². The monoisotopic (exact) mass is 332 g/mol. The number of anilines is 1. The summed E-state index contributed by atoms with van der Waals surface area (Å²) in [6, 6.07) is 13.4. The summed E-state index contributed by atoms with van der Waals surface area (Å²) in [5, 5.41) is 2.94. The third-order valence-corrected chi connectivity index (χ3v) is 3.74. The Kier molecular flexibility index (Phi) is 4.93. The van der Waals surface area contributed by atoms with Crippen LogP contribution in [0.25, 0.3) is 0 Å². The molecule has 0 radical (unpaired) electrons. The quantitative estimate of drug-likeness (QED) is 0.900. The molecule has 1 amide bonds. The number of carbonyl (C=O) groups excluding carboxylic acids is 1. The normalized spacial score (nSPS) is 10.3. The molecule has 20 heavy (non-hydrogen) atoms. The number of hydrogen-bond donors (Lipinski definition) is 2. The van der Waals surface area contributed by atoms with E-state index in [-0.39, 0.29) is 5.91 Å². The van der Waals surface area contributed by atoms with E-state index in [2.05, 4.69) is 21.2 Å². The lowest BCUT2D eigenvalue weighted by atomic mass is 10.0. The molecule has 2 aromatic carbocycles. The third kappa shape index (κ3) is 3.46. The smallest absolute Gasteiger partial charge is 0.255 e. The van der Waals surface area contributed by atoms with Gasteiger partial charge in [0.2, 0.25) is 0 Å². The van der Waals surface area contributed by atoms with E-state index in [1.807, 2.05) is 49.4 Å². The predicted octanol–water partition coefficient (Wildman–Crippen LogP) is 3.51. The second-order valence-electron chi connectivity index (χ2n) is 4.63. The van der Waals surface area contributed by atoms with Crippen LogP contribution in [0.15, 0.2) is 46.9 Å². The van der Waals surface area contributed by atoms with Crippen LogP contribution < -0.4 is 11.1 Å². The number of aryl methyl sites for hydroxylation is 1. The Bertz CT molecular complexity index is 626. The molecular formula is C16H17BrN2O. The van der Waals surface area contributed by atoms with Crippen molar-refractivity contribution in [1.82, 2.24) is 0 Å². The summed E-state index contributed by atoms with van der Waals surface area (Å²) in [4.78, 5) is 12.4. The lowest BCUT2D eigenvalue weighted by Gasteiger charge is -2.11. The van der Waals surface area contributed by atoms with Gasteiger partial charge in [-0.25, -0.2) is 0 Å². The van der Waals surface area contributed by atoms with Gasteiger partial charge in [0.05, 0.1) is 5.69 Å². The van der Waals surface area contributed by atoms with Gasteiger partial charge >= 0.3 is 0 Å². The predicted molar refractivity (Wildman–Crippen MR) is 86.0 cm³/mol. The van der Waals surface area contributed by atoms with Gasteiger partial charge in [0.1, 0.15) is 0 Å². The average Bonchev–Trinajstić information content (AvgIpc) is 2.44. The topological polar surface area (TPSA) is 55.1 Å². The van der Waals surface area contributed by atoms with Gasteiger partial charge in [0.25, 0.3) is 5.91 Å². The first kappa shape index (κ1) is 14.8. The summed E-state index contributed by atoms with van der Waals surface area (Å²) in [6.45, 7) is 2.52. The molecular weight excluding hydrogens is 316 g/mol. The van der Waals surface area contributed by atoms with E-state index in [1.165, 1.54) is 0 Å². The van der Waals surface area contributed by atoms with Crippen LogP contribution >= 0.6 is 15.9 Å². The molecule has 0 aliphatic rings. The number of rotatable bonds is 4. The zero-order valence-corrected chi connectivity index (χ0v) is 12.9. The Morgan fingerprint density at radius 3 is 2.75 bits per heavy atom. The van der Waals surface area contributed by atoms with E-state index in [0.717, 1.165) is 21.3 Å². The van der Waals surface area contributed by atoms with E-state index in [4.69, 9.17) is 5.73 Å². The van der Waals surface area contributed by atoms with Crippen molar-refractivity contribution in [2.75, 3.05) is 11.9 Å². The molecule has 0 aromatic heterocycles. The van der Waals surface area contributed by atoms with Gasteiger partial charge in [-0.15, -0.1) is 0 Å². The molecule has 0 aliphatic heterocycles. The Hall–Kier alpha value is -1.65. The summed E-state index contributed by atoms with van der Waals surface area (Å²) >= 11 is 3.45. The van der Waals surface area contributed by atoms with Crippen LogP contribution in [0.2, 0.25) is 0 Å². The third-order valence-electron chi connectivity index (χ3n) is 3.05. The van der Waals surface area contributed by atoms with Crippen LogP contribution in [-0.2, 0) is 6.42 Å². The highest BCUT2D eigenvalue weighted by atomic mass is 79.9. The Labute approximate surface area is 127 Å². The van der Waals surface area contributed by atoms with Gasteiger partial charge < -0.3 is 11.1 Å². The van der Waals surface area contributed by atoms with Gasteiger partial charge in [-0.3, -0.25) is 4.79 Å². The van der Waals surface area contributed by atoms with Crippen molar-refractivity contribution in [2.24, 2.45) is 5.73 Å². The zero-order chi connectivity index (χ0) is 14.5. The van der Waals surface area contributed by atoms with Crippen LogP contribution in [-0.4, -0.2) is 12.5 Å². The van der Waals surface area contributed by atoms with Gasteiger partial charge in [-0.05, 0) is 65.1 Å². The molecule has 0 aliphatic carbocycles. The van der Waals surface area contributed by atoms with Gasteiger partial charge in [0, 0.05) is 10.0 Å². The number of amides is 1. The molecule has 0 atom stereocenters. The molecule has 0 unspecified atom stereocenters. The Morgan fingerprint density at radius 1 is 1.25 bits per heavy atom. The largest absolute Gasteiger partial charge is 0.330 e. The van der Waals surface area contributed by atoms with Crippen molar-refractivity contribution in [1.29, 1.82) is 0 Å². The maximum absolute atomic E-state index is 12.4. The van der Waals surface area contributed by atoms with E-state index in [0.29, 0.717) is 18.5 Å². The highest BCUT2D eigenvalue weighted by molar-refractivity contribution is 9.10. The van der Waals surface area contributed by atoms with Gasteiger partial charge in [-0.2, -0.15) is 0 Å². The van der Waals surface area contributed by atoms with Crippen LogP contribution in [0.4, 0.5) is 5.69 Å². The first-order valence-corrected chi connectivity index (χ1v) is 7.26. The van der Waals surface area contributed by atoms with Crippen molar-refractivity contribution in [3.8, 4) is 0 Å². The summed E-state index contributed by atoms with van der Waals surface area (Å²) < 4.78 is 0.868. The lowest BCUT2D eigenvalue weighted by molar-refractivity contribution is 0.102. The second-order valence-corrected chi connectivity index (χ2v) is 5.49. The minimum absolute atomic E-state index is 0.111. The van der Waals surface area contributed by atoms with E-state index >= 15 is 0 Å². The summed E-state index contributed by atoms with van der Waals surface area (Å²) in [7, 11) is 0. The molecule has 4 heteroatoms. The summed E-state index contributed by atoms with van der Waals surface area (Å²) in [5.41, 5.74) is 9.10. The maximum Gasteiger partial charge on any atom is 0.255 e. The molecule has 2 rings (SSSR count). The fourth-order valence-electron chi connectivity index (χ4n) is 2.04. The minimum atomic E-state index is -0.111. The first-order valence-electron chi connectivity index (χ1n) is 6.47. The molecule has 2 aromatic rings. The highest BCUT2D eigenvalue weighted by Gasteiger charge is 2.12. The summed E-state index contributed by atoms with van der Waals surface area (Å²) in [6.07, 6.45) is 0.693. The van der Waals surface area contributed by atoms with Crippen molar-refractivity contribution >= 4 is 27.5 Å². The number of benzene rings is 2. The molecule has 3 nitrogen and oxygen atoms in total. The molecule has 3 N–H and O–H groups in total. The number of hydrogen-bond acceptors (Lipinski definition) is 2. The maximum atomic E-state index is 12.4. The molecule has 0 spiro atoms. The summed E-state index contributed by atoms with van der Waals surface area (Å²) in [5.74, 6) is -0.111. The van der Waals surface area contributed by atoms with Crippen molar-refractivity contribution < 1.29 is 4.79 Å². The zero-order valence-electron chi connectivity index (χ0n) is 11.3. The van der Waals surface area contributed by atoms with Crippen molar-refractivity contribution in [2.45, 2.75) is 13.3 Å². The minimum Gasteiger partial charge on any atom is -0.330 e. The first-order chi connectivity index (χ1) is 9.61. The van der Waals surface area contributed by atoms with Crippen LogP contribution in [0.1, 0.15) is 21.5 Å². The van der Waals surface area contributed by atoms with Crippen LogP contribution in [0, 0.1) is 6.92 Å². The van der Waals surface area contributed by atoms with E-state index in [1.54, 1.807) is 0 Å². The SMILES string of the molecule is Cc1ccc(Br)c(NC(=O)c2ccccc2CCN)c1. The van der Waals surface area contributed by atoms with Gasteiger partial charge in [0.15, 0.2) is 0 Å². The standard InChI is InChI=1S/C16H17BrN2O/c1-11-6-7-14(17)15(10-11)19-16(20)13-5-3-2-4-12(13)8-9-18/h2-7,10H,8-9,18H2,1H3,(H,19,20). The highest BCUT2D eigenvalue weighted by Crippen LogP contribution is 2.24. The fraction of sp³-hybridized carbons (Fsp3) is 0.188. The fourth-order valence-corrected chi connectivity index (χ4v) is 2.39. The van der Waals surface area contributed by atoms with E-state index in [9.17, 15) is 4.79 Å². The van der Waals surface area contributed by atoms with Crippen molar-refractivity contribution in [3.05, 3.63) is 63.6 Å². The lowest BCUT2D eigenvalue weighted by Crippen LogP contribution is -2.16. The Morgan fingerprint density at radius 2 is 2.00 bits per heavy atom. The average molecular weight is 333 g/mol. The molecule has 104 valence electrons. The Balaban J connectivity index is 2.26. The number of halogens is 1. The molecule has 0 fully saturated rings. The van der Waals surface area contributed by atoms with Crippen LogP contribution in [0.3, 0.4) is 0 Å². The molecule has 0 heterocycles. The molecule has 0 saturated carbocycles. The van der Waals surface area contributed by atoms with Crippen LogP contribution in [0.5, 0.6) is 0 Å². The number of carbonyl (C=O) groups is 1. The van der Waals surface area contributed by atoms with Crippen molar-refractivity contribution in [3.63, 3.8) is 0 Å². The number of nitrogens with one attached hydrogen (secondary N) is 1. The second kappa shape index (κ2) is 6.68. The van der Waals surface area contributed by atoms with Gasteiger partial charge in [-0.1, -0.05) is 24.3 Å². The molecule has 0 saturated heterocycles.